The minimum Gasteiger partial charge on any atom is -0.343 e. The lowest BCUT2D eigenvalue weighted by molar-refractivity contribution is -0.123. The summed E-state index contributed by atoms with van der Waals surface area (Å²) in [5, 5.41) is 6.68. The molecule has 1 aliphatic rings. The second kappa shape index (κ2) is 9.00. The van der Waals surface area contributed by atoms with Crippen LogP contribution in [0.5, 0.6) is 0 Å². The summed E-state index contributed by atoms with van der Waals surface area (Å²) in [6.07, 6.45) is 5.54. The molecule has 3 rings (SSSR count). The van der Waals surface area contributed by atoms with Gasteiger partial charge in [0.1, 0.15) is 16.8 Å². The zero-order chi connectivity index (χ0) is 21.0. The summed E-state index contributed by atoms with van der Waals surface area (Å²) in [6.45, 7) is 3.05. The van der Waals surface area contributed by atoms with Crippen LogP contribution < -0.4 is 10.0 Å². The van der Waals surface area contributed by atoms with Crippen molar-refractivity contribution in [3.8, 4) is 0 Å². The minimum atomic E-state index is -4.18. The number of carbonyl (C=O) groups excluding carboxylic acids is 1. The molecule has 0 unspecified atom stereocenters. The fourth-order valence-electron chi connectivity index (χ4n) is 3.36. The first-order valence-electron chi connectivity index (χ1n) is 9.68. The number of hydrogen-bond acceptors (Lipinski definition) is 6. The van der Waals surface area contributed by atoms with Crippen LogP contribution in [-0.2, 0) is 14.8 Å². The number of halogens is 1. The van der Waals surface area contributed by atoms with E-state index in [4.69, 9.17) is 4.52 Å². The first-order valence-corrected chi connectivity index (χ1v) is 11.2. The second-order valence-electron chi connectivity index (χ2n) is 7.33. The average Bonchev–Trinajstić information content (AvgIpc) is 3.19. The van der Waals surface area contributed by atoms with Gasteiger partial charge in [0.05, 0.1) is 6.04 Å². The van der Waals surface area contributed by atoms with Gasteiger partial charge in [-0.1, -0.05) is 36.6 Å². The van der Waals surface area contributed by atoms with E-state index in [1.807, 2.05) is 0 Å². The maximum absolute atomic E-state index is 13.8. The molecule has 2 aromatic rings. The van der Waals surface area contributed by atoms with Crippen molar-refractivity contribution < 1.29 is 22.1 Å². The Morgan fingerprint density at radius 3 is 2.59 bits per heavy atom. The molecule has 1 saturated carbocycles. The van der Waals surface area contributed by atoms with Crippen molar-refractivity contribution in [2.45, 2.75) is 68.8 Å². The van der Waals surface area contributed by atoms with Crippen LogP contribution in [0.15, 0.2) is 33.7 Å². The Bertz CT molecular complexity index is 957. The number of hydrogen-bond donors (Lipinski definition) is 2. The molecule has 2 atom stereocenters. The Balaban J connectivity index is 1.60. The molecule has 29 heavy (non-hydrogen) atoms. The number of nitrogens with zero attached hydrogens (tertiary/aromatic N) is 2. The quantitative estimate of drug-likeness (QED) is 0.706. The summed E-state index contributed by atoms with van der Waals surface area (Å²) in [4.78, 5) is 16.3. The number of carbonyl (C=O) groups is 1. The maximum atomic E-state index is 13.8. The van der Waals surface area contributed by atoms with Crippen molar-refractivity contribution in [3.05, 3.63) is 41.8 Å². The summed E-state index contributed by atoms with van der Waals surface area (Å²) >= 11 is 0. The molecule has 0 aliphatic heterocycles. The maximum Gasteiger partial charge on any atom is 0.248 e. The van der Waals surface area contributed by atoms with Crippen LogP contribution >= 0.6 is 0 Å². The van der Waals surface area contributed by atoms with Gasteiger partial charge in [0.25, 0.3) is 0 Å². The van der Waals surface area contributed by atoms with Crippen molar-refractivity contribution in [1.82, 2.24) is 20.2 Å². The molecule has 1 aromatic heterocycles. The van der Waals surface area contributed by atoms with Crippen molar-refractivity contribution in [2.75, 3.05) is 0 Å². The number of nitrogens with one attached hydrogen (secondary N) is 2. The molecule has 0 spiro atoms. The van der Waals surface area contributed by atoms with E-state index in [1.54, 1.807) is 6.92 Å². The third-order valence-electron chi connectivity index (χ3n) is 5.01. The largest absolute Gasteiger partial charge is 0.343 e. The number of amides is 1. The number of rotatable bonds is 7. The van der Waals surface area contributed by atoms with E-state index in [-0.39, 0.29) is 11.8 Å². The van der Waals surface area contributed by atoms with E-state index >= 15 is 0 Å². The molecule has 0 saturated heterocycles. The van der Waals surface area contributed by atoms with Crippen LogP contribution in [0.4, 0.5) is 4.39 Å². The fraction of sp³-hybridized carbons (Fsp3) is 0.526. The first-order chi connectivity index (χ1) is 13.8. The van der Waals surface area contributed by atoms with Gasteiger partial charge in [0, 0.05) is 5.92 Å². The number of sulfonamides is 1. The lowest BCUT2D eigenvalue weighted by atomic mass is 9.89. The Labute approximate surface area is 169 Å². The average molecular weight is 424 g/mol. The molecular formula is C19H25FN4O4S. The van der Waals surface area contributed by atoms with Crippen molar-refractivity contribution in [3.63, 3.8) is 0 Å². The van der Waals surface area contributed by atoms with Crippen LogP contribution in [0, 0.1) is 5.82 Å². The summed E-state index contributed by atoms with van der Waals surface area (Å²) in [7, 11) is -4.18. The fourth-order valence-corrected chi connectivity index (χ4v) is 4.64. The van der Waals surface area contributed by atoms with Crippen LogP contribution in [0.1, 0.15) is 69.6 Å². The summed E-state index contributed by atoms with van der Waals surface area (Å²) in [5.41, 5.74) is 0. The van der Waals surface area contributed by atoms with Crippen LogP contribution in [0.3, 0.4) is 0 Å². The van der Waals surface area contributed by atoms with Gasteiger partial charge in [-0.25, -0.2) is 12.8 Å². The molecule has 158 valence electrons. The van der Waals surface area contributed by atoms with Gasteiger partial charge in [-0.15, -0.1) is 0 Å². The van der Waals surface area contributed by atoms with E-state index in [0.717, 1.165) is 37.8 Å². The van der Waals surface area contributed by atoms with Gasteiger partial charge < -0.3 is 9.84 Å². The topological polar surface area (TPSA) is 114 Å². The van der Waals surface area contributed by atoms with Gasteiger partial charge >= 0.3 is 0 Å². The number of benzene rings is 1. The smallest absolute Gasteiger partial charge is 0.248 e. The Kier molecular flexibility index (Phi) is 6.63. The molecule has 1 fully saturated rings. The van der Waals surface area contributed by atoms with Crippen molar-refractivity contribution in [1.29, 1.82) is 0 Å². The highest BCUT2D eigenvalue weighted by Crippen LogP contribution is 2.31. The van der Waals surface area contributed by atoms with E-state index < -0.39 is 38.7 Å². The minimum absolute atomic E-state index is 0.267. The first kappa shape index (κ1) is 21.4. The van der Waals surface area contributed by atoms with Gasteiger partial charge in [-0.05, 0) is 38.8 Å². The molecule has 1 aliphatic carbocycles. The van der Waals surface area contributed by atoms with Crippen molar-refractivity contribution in [2.24, 2.45) is 0 Å². The van der Waals surface area contributed by atoms with E-state index in [2.05, 4.69) is 20.2 Å². The lowest BCUT2D eigenvalue weighted by Crippen LogP contribution is -2.45. The molecule has 1 amide bonds. The van der Waals surface area contributed by atoms with Gasteiger partial charge in [-0.2, -0.15) is 9.71 Å². The molecule has 1 heterocycles. The van der Waals surface area contributed by atoms with Gasteiger partial charge in [0.15, 0.2) is 5.82 Å². The van der Waals surface area contributed by atoms with Crippen molar-refractivity contribution >= 4 is 15.9 Å². The Morgan fingerprint density at radius 1 is 1.21 bits per heavy atom. The molecule has 8 nitrogen and oxygen atoms in total. The van der Waals surface area contributed by atoms with Crippen LogP contribution in [-0.4, -0.2) is 30.5 Å². The molecule has 1 aromatic carbocycles. The molecule has 0 bridgehead atoms. The molecular weight excluding hydrogens is 399 g/mol. The SMILES string of the molecule is C[C@H](NS(=O)(=O)c1ccccc1F)C(=O)N[C@@H](C)c1nc(C2CCCCC2)no1. The van der Waals surface area contributed by atoms with Crippen LogP contribution in [0.25, 0.3) is 0 Å². The standard InChI is InChI=1S/C19H25FN4O4S/c1-12(24-29(26,27)16-11-7-6-10-15(16)20)18(25)21-13(2)19-22-17(23-28-19)14-8-4-3-5-9-14/h6-7,10-14,24H,3-5,8-9H2,1-2H3,(H,21,25)/t12-,13-/m0/s1. The second-order valence-corrected chi connectivity index (χ2v) is 9.01. The Morgan fingerprint density at radius 2 is 1.90 bits per heavy atom. The van der Waals surface area contributed by atoms with Crippen LogP contribution in [0.2, 0.25) is 0 Å². The third-order valence-corrected chi connectivity index (χ3v) is 6.58. The predicted molar refractivity (Wildman–Crippen MR) is 103 cm³/mol. The van der Waals surface area contributed by atoms with Gasteiger partial charge in [-0.3, -0.25) is 4.79 Å². The summed E-state index contributed by atoms with van der Waals surface area (Å²) in [6, 6.07) is 3.26. The highest BCUT2D eigenvalue weighted by molar-refractivity contribution is 7.89. The Hall–Kier alpha value is -2.33. The third kappa shape index (κ3) is 5.18. The predicted octanol–water partition coefficient (Wildman–Crippen LogP) is 2.80. The normalized spacial score (nSPS) is 17.6. The monoisotopic (exact) mass is 424 g/mol. The zero-order valence-electron chi connectivity index (χ0n) is 16.4. The molecule has 10 heteroatoms. The highest BCUT2D eigenvalue weighted by Gasteiger charge is 2.27. The number of aromatic nitrogens is 2. The van der Waals surface area contributed by atoms with E-state index in [0.29, 0.717) is 5.82 Å². The summed E-state index contributed by atoms with van der Waals surface area (Å²) < 4.78 is 45.9. The van der Waals surface area contributed by atoms with Gasteiger partial charge in [0.2, 0.25) is 21.8 Å². The lowest BCUT2D eigenvalue weighted by Gasteiger charge is -2.18. The zero-order valence-corrected chi connectivity index (χ0v) is 17.2. The highest BCUT2D eigenvalue weighted by atomic mass is 32.2. The molecule has 2 N–H and O–H groups in total. The van der Waals surface area contributed by atoms with E-state index in [1.165, 1.54) is 25.5 Å². The molecule has 0 radical (unpaired) electrons. The summed E-state index contributed by atoms with van der Waals surface area (Å²) in [5.74, 6) is -0.287. The van der Waals surface area contributed by atoms with E-state index in [9.17, 15) is 17.6 Å².